The molecular weight excluding hydrogens is 298 g/mol. The summed E-state index contributed by atoms with van der Waals surface area (Å²) in [5.41, 5.74) is 0. The fourth-order valence-electron chi connectivity index (χ4n) is 3.09. The zero-order valence-electron chi connectivity index (χ0n) is 16.6. The Hall–Kier alpha value is -0.120. The smallest absolute Gasteiger partial charge is 0.104 e. The number of rotatable bonds is 19. The molecule has 146 valence electrons. The van der Waals surface area contributed by atoms with Crippen LogP contribution in [0.1, 0.15) is 117 Å². The Kier molecular flexibility index (Phi) is 19.1. The van der Waals surface area contributed by atoms with Gasteiger partial charge in [-0.05, 0) is 12.8 Å². The molecule has 0 amide bonds. The van der Waals surface area contributed by atoms with E-state index in [-0.39, 0.29) is 6.10 Å². The predicted molar refractivity (Wildman–Crippen MR) is 105 cm³/mol. The number of unbranched alkanes of at least 4 members (excludes halogenated alkanes) is 13. The Morgan fingerprint density at radius 1 is 0.625 bits per heavy atom. The van der Waals surface area contributed by atoms with Gasteiger partial charge in [-0.15, -0.1) is 0 Å². The third-order valence-corrected chi connectivity index (χ3v) is 4.87. The van der Waals surface area contributed by atoms with Crippen LogP contribution < -0.4 is 5.32 Å². The van der Waals surface area contributed by atoms with Crippen molar-refractivity contribution in [3.05, 3.63) is 0 Å². The topological polar surface area (TPSA) is 52.5 Å². The monoisotopic (exact) mass is 343 g/mol. The SMILES string of the molecule is CCCCCCCCCCCCCCCCC(O)CNC(O)CC. The van der Waals surface area contributed by atoms with Crippen molar-refractivity contribution in [2.24, 2.45) is 0 Å². The van der Waals surface area contributed by atoms with Crippen LogP contribution in [0.3, 0.4) is 0 Å². The van der Waals surface area contributed by atoms with E-state index in [1.54, 1.807) is 0 Å². The van der Waals surface area contributed by atoms with Gasteiger partial charge in [0.1, 0.15) is 6.23 Å². The van der Waals surface area contributed by atoms with Gasteiger partial charge in [-0.25, -0.2) is 0 Å². The highest BCUT2D eigenvalue weighted by molar-refractivity contribution is 4.61. The molecule has 0 heterocycles. The maximum Gasteiger partial charge on any atom is 0.104 e. The Bertz CT molecular complexity index is 236. The molecule has 0 aliphatic rings. The first-order valence-corrected chi connectivity index (χ1v) is 10.8. The molecule has 0 fully saturated rings. The van der Waals surface area contributed by atoms with Crippen molar-refractivity contribution >= 4 is 0 Å². The van der Waals surface area contributed by atoms with Gasteiger partial charge in [0, 0.05) is 6.54 Å². The Morgan fingerprint density at radius 2 is 1.04 bits per heavy atom. The van der Waals surface area contributed by atoms with Gasteiger partial charge < -0.3 is 10.2 Å². The second-order valence-corrected chi connectivity index (χ2v) is 7.37. The van der Waals surface area contributed by atoms with Crippen molar-refractivity contribution in [1.82, 2.24) is 5.32 Å². The molecule has 0 saturated carbocycles. The maximum atomic E-state index is 9.81. The molecule has 0 saturated heterocycles. The lowest BCUT2D eigenvalue weighted by molar-refractivity contribution is 0.0947. The van der Waals surface area contributed by atoms with Gasteiger partial charge >= 0.3 is 0 Å². The van der Waals surface area contributed by atoms with E-state index in [2.05, 4.69) is 12.2 Å². The van der Waals surface area contributed by atoms with Crippen molar-refractivity contribution in [3.63, 3.8) is 0 Å². The molecule has 0 rings (SSSR count). The number of hydrogen-bond donors (Lipinski definition) is 3. The number of aliphatic hydroxyl groups is 2. The highest BCUT2D eigenvalue weighted by atomic mass is 16.3. The third-order valence-electron chi connectivity index (χ3n) is 4.87. The number of nitrogens with one attached hydrogen (secondary N) is 1. The molecule has 0 spiro atoms. The molecule has 0 aliphatic heterocycles. The molecule has 3 heteroatoms. The third kappa shape index (κ3) is 18.2. The summed E-state index contributed by atoms with van der Waals surface area (Å²) in [6, 6.07) is 0. The summed E-state index contributed by atoms with van der Waals surface area (Å²) in [5.74, 6) is 0. The first-order valence-electron chi connectivity index (χ1n) is 10.8. The van der Waals surface area contributed by atoms with Crippen molar-refractivity contribution in [3.8, 4) is 0 Å². The van der Waals surface area contributed by atoms with Crippen LogP contribution in [0.2, 0.25) is 0 Å². The fourth-order valence-corrected chi connectivity index (χ4v) is 3.09. The average Bonchev–Trinajstić information content (AvgIpc) is 2.59. The molecular formula is C21H45NO2. The normalized spacial score (nSPS) is 14.0. The summed E-state index contributed by atoms with van der Waals surface area (Å²) < 4.78 is 0. The summed E-state index contributed by atoms with van der Waals surface area (Å²) in [7, 11) is 0. The average molecular weight is 344 g/mol. The van der Waals surface area contributed by atoms with Crippen LogP contribution in [0, 0.1) is 0 Å². The van der Waals surface area contributed by atoms with E-state index in [0.717, 1.165) is 12.8 Å². The number of hydrogen-bond acceptors (Lipinski definition) is 3. The maximum absolute atomic E-state index is 9.81. The zero-order valence-corrected chi connectivity index (χ0v) is 16.6. The summed E-state index contributed by atoms with van der Waals surface area (Å²) in [6.45, 7) is 4.71. The van der Waals surface area contributed by atoms with Crippen molar-refractivity contribution in [2.75, 3.05) is 6.54 Å². The fraction of sp³-hybridized carbons (Fsp3) is 1.00. The Labute approximate surface area is 151 Å². The zero-order chi connectivity index (χ0) is 17.9. The molecule has 2 unspecified atom stereocenters. The van der Waals surface area contributed by atoms with E-state index in [1.165, 1.54) is 83.5 Å². The molecule has 0 aromatic rings. The minimum absolute atomic E-state index is 0.316. The quantitative estimate of drug-likeness (QED) is 0.213. The first-order chi connectivity index (χ1) is 11.7. The highest BCUT2D eigenvalue weighted by Crippen LogP contribution is 2.13. The van der Waals surface area contributed by atoms with Gasteiger partial charge in [0.25, 0.3) is 0 Å². The van der Waals surface area contributed by atoms with Crippen LogP contribution in [0.15, 0.2) is 0 Å². The largest absolute Gasteiger partial charge is 0.392 e. The second kappa shape index (κ2) is 19.2. The molecule has 0 bridgehead atoms. The van der Waals surface area contributed by atoms with Gasteiger partial charge in [0.15, 0.2) is 0 Å². The lowest BCUT2D eigenvalue weighted by atomic mass is 10.0. The van der Waals surface area contributed by atoms with Crippen molar-refractivity contribution in [1.29, 1.82) is 0 Å². The summed E-state index contributed by atoms with van der Waals surface area (Å²) in [6.07, 6.45) is 19.8. The molecule has 0 aromatic heterocycles. The molecule has 3 nitrogen and oxygen atoms in total. The predicted octanol–water partition coefficient (Wildman–Crippen LogP) is 5.54. The molecule has 24 heavy (non-hydrogen) atoms. The second-order valence-electron chi connectivity index (χ2n) is 7.37. The lowest BCUT2D eigenvalue weighted by Gasteiger charge is -2.14. The highest BCUT2D eigenvalue weighted by Gasteiger charge is 2.06. The van der Waals surface area contributed by atoms with Crippen LogP contribution in [-0.2, 0) is 0 Å². The van der Waals surface area contributed by atoms with E-state index in [9.17, 15) is 10.2 Å². The Morgan fingerprint density at radius 3 is 1.46 bits per heavy atom. The van der Waals surface area contributed by atoms with Crippen LogP contribution in [0.5, 0.6) is 0 Å². The molecule has 0 radical (unpaired) electrons. The van der Waals surface area contributed by atoms with E-state index >= 15 is 0 Å². The van der Waals surface area contributed by atoms with Gasteiger partial charge in [0.2, 0.25) is 0 Å². The van der Waals surface area contributed by atoms with E-state index < -0.39 is 6.23 Å². The molecule has 0 aromatic carbocycles. The minimum atomic E-state index is -0.476. The standard InChI is InChI=1S/C21H45NO2/c1-3-5-6-7-8-9-10-11-12-13-14-15-16-17-18-20(23)19-22-21(24)4-2/h20-24H,3-19H2,1-2H3. The Balaban J connectivity index is 3.12. The summed E-state index contributed by atoms with van der Waals surface area (Å²) >= 11 is 0. The van der Waals surface area contributed by atoms with Crippen LogP contribution >= 0.6 is 0 Å². The summed E-state index contributed by atoms with van der Waals surface area (Å²) in [5, 5.41) is 22.1. The van der Waals surface area contributed by atoms with E-state index in [1.807, 2.05) is 6.92 Å². The van der Waals surface area contributed by atoms with Crippen molar-refractivity contribution < 1.29 is 10.2 Å². The van der Waals surface area contributed by atoms with Crippen molar-refractivity contribution in [2.45, 2.75) is 129 Å². The van der Waals surface area contributed by atoms with Crippen LogP contribution in [0.25, 0.3) is 0 Å². The van der Waals surface area contributed by atoms with Crippen LogP contribution in [-0.4, -0.2) is 29.1 Å². The molecule has 0 aliphatic carbocycles. The van der Waals surface area contributed by atoms with Gasteiger partial charge in [-0.3, -0.25) is 5.32 Å². The van der Waals surface area contributed by atoms with Gasteiger partial charge in [-0.1, -0.05) is 104 Å². The summed E-state index contributed by atoms with van der Waals surface area (Å²) in [4.78, 5) is 0. The minimum Gasteiger partial charge on any atom is -0.392 e. The van der Waals surface area contributed by atoms with E-state index in [0.29, 0.717) is 13.0 Å². The first kappa shape index (κ1) is 23.9. The van der Waals surface area contributed by atoms with Crippen LogP contribution in [0.4, 0.5) is 0 Å². The van der Waals surface area contributed by atoms with E-state index in [4.69, 9.17) is 0 Å². The lowest BCUT2D eigenvalue weighted by Crippen LogP contribution is -2.34. The van der Waals surface area contributed by atoms with Gasteiger partial charge in [-0.2, -0.15) is 0 Å². The molecule has 2 atom stereocenters. The van der Waals surface area contributed by atoms with Gasteiger partial charge in [0.05, 0.1) is 6.10 Å². The number of aliphatic hydroxyl groups excluding tert-OH is 2. The molecule has 3 N–H and O–H groups in total.